The summed E-state index contributed by atoms with van der Waals surface area (Å²) in [6.07, 6.45) is 1.64. The second-order valence-corrected chi connectivity index (χ2v) is 5.13. The lowest BCUT2D eigenvalue weighted by Gasteiger charge is -2.06. The molecule has 1 aromatic heterocycles. The Morgan fingerprint density at radius 2 is 1.72 bits per heavy atom. The fourth-order valence-corrected chi connectivity index (χ4v) is 2.78. The zero-order valence-electron chi connectivity index (χ0n) is 10.00. The van der Waals surface area contributed by atoms with E-state index in [0.717, 1.165) is 15.9 Å². The summed E-state index contributed by atoms with van der Waals surface area (Å²) in [5, 5.41) is 2.13. The number of para-hydroxylation sites is 1. The van der Waals surface area contributed by atoms with Crippen molar-refractivity contribution in [3.63, 3.8) is 0 Å². The summed E-state index contributed by atoms with van der Waals surface area (Å²) in [5.41, 5.74) is 2.22. The van der Waals surface area contributed by atoms with Crippen LogP contribution in [0.5, 0.6) is 0 Å². The van der Waals surface area contributed by atoms with Crippen LogP contribution in [0.15, 0.2) is 64.8 Å². The molecule has 2 aromatic carbocycles. The average Bonchev–Trinajstić information content (AvgIpc) is 2.41. The predicted octanol–water partition coefficient (Wildman–Crippen LogP) is 4.09. The maximum atomic E-state index is 4.40. The van der Waals surface area contributed by atoms with Gasteiger partial charge in [0, 0.05) is 10.3 Å². The zero-order valence-corrected chi connectivity index (χ0v) is 10.8. The Balaban J connectivity index is 2.10. The van der Waals surface area contributed by atoms with Crippen LogP contribution in [0.1, 0.15) is 5.56 Å². The molecule has 3 heteroatoms. The van der Waals surface area contributed by atoms with E-state index >= 15 is 0 Å². The third-order valence-corrected chi connectivity index (χ3v) is 3.81. The minimum atomic E-state index is 1.01. The predicted molar refractivity (Wildman–Crippen MR) is 74.8 cm³/mol. The van der Waals surface area contributed by atoms with Crippen molar-refractivity contribution in [1.82, 2.24) is 9.97 Å². The number of rotatable bonds is 2. The summed E-state index contributed by atoms with van der Waals surface area (Å²) in [6, 6.07) is 16.5. The summed E-state index contributed by atoms with van der Waals surface area (Å²) >= 11 is 1.67. The first-order chi connectivity index (χ1) is 8.84. The van der Waals surface area contributed by atoms with Gasteiger partial charge >= 0.3 is 0 Å². The fraction of sp³-hybridized carbons (Fsp3) is 0.0667. The number of benzene rings is 2. The topological polar surface area (TPSA) is 25.8 Å². The van der Waals surface area contributed by atoms with Gasteiger partial charge in [-0.25, -0.2) is 9.97 Å². The van der Waals surface area contributed by atoms with Gasteiger partial charge in [0.25, 0.3) is 0 Å². The molecule has 0 unspecified atom stereocenters. The molecule has 0 amide bonds. The first-order valence-corrected chi connectivity index (χ1v) is 6.59. The van der Waals surface area contributed by atoms with Crippen LogP contribution in [-0.4, -0.2) is 9.97 Å². The molecule has 0 aliphatic rings. The van der Waals surface area contributed by atoms with E-state index in [1.807, 2.05) is 18.2 Å². The Labute approximate surface area is 110 Å². The molecule has 2 nitrogen and oxygen atoms in total. The van der Waals surface area contributed by atoms with E-state index in [1.54, 1.807) is 18.1 Å². The zero-order chi connectivity index (χ0) is 12.4. The van der Waals surface area contributed by atoms with Crippen LogP contribution in [-0.2, 0) is 0 Å². The van der Waals surface area contributed by atoms with E-state index in [2.05, 4.69) is 47.2 Å². The molecule has 18 heavy (non-hydrogen) atoms. The van der Waals surface area contributed by atoms with Crippen LogP contribution in [0, 0.1) is 6.92 Å². The van der Waals surface area contributed by atoms with Gasteiger partial charge in [-0.05, 0) is 24.6 Å². The third-order valence-electron chi connectivity index (χ3n) is 2.79. The van der Waals surface area contributed by atoms with E-state index in [4.69, 9.17) is 0 Å². The molecular formula is C15H12N2S. The number of hydrogen-bond donors (Lipinski definition) is 0. The van der Waals surface area contributed by atoms with Crippen molar-refractivity contribution < 1.29 is 0 Å². The van der Waals surface area contributed by atoms with Gasteiger partial charge in [-0.3, -0.25) is 0 Å². The molecular weight excluding hydrogens is 240 g/mol. The highest BCUT2D eigenvalue weighted by Gasteiger charge is 2.06. The van der Waals surface area contributed by atoms with Gasteiger partial charge in [0.15, 0.2) is 0 Å². The standard InChI is InChI=1S/C15H12N2S/c1-11-6-5-9-13-14(11)16-10-17-15(13)18-12-7-3-2-4-8-12/h2-10H,1H3. The number of nitrogens with zero attached hydrogens (tertiary/aromatic N) is 2. The molecule has 0 saturated heterocycles. The SMILES string of the molecule is Cc1cccc2c(Sc3ccccc3)ncnc12. The highest BCUT2D eigenvalue weighted by Crippen LogP contribution is 2.31. The fourth-order valence-electron chi connectivity index (χ4n) is 1.89. The Bertz CT molecular complexity index is 680. The van der Waals surface area contributed by atoms with Crippen molar-refractivity contribution in [2.24, 2.45) is 0 Å². The normalized spacial score (nSPS) is 10.7. The molecule has 1 heterocycles. The maximum absolute atomic E-state index is 4.40. The number of aromatic nitrogens is 2. The second-order valence-electron chi connectivity index (χ2n) is 4.07. The van der Waals surface area contributed by atoms with Crippen LogP contribution in [0.2, 0.25) is 0 Å². The molecule has 0 saturated carbocycles. The molecule has 0 aliphatic carbocycles. The van der Waals surface area contributed by atoms with Crippen molar-refractivity contribution in [1.29, 1.82) is 0 Å². The summed E-state index contributed by atoms with van der Waals surface area (Å²) in [6.45, 7) is 2.08. The van der Waals surface area contributed by atoms with E-state index in [1.165, 1.54) is 10.5 Å². The Hall–Kier alpha value is -1.87. The summed E-state index contributed by atoms with van der Waals surface area (Å²) in [7, 11) is 0. The summed E-state index contributed by atoms with van der Waals surface area (Å²) in [4.78, 5) is 9.95. The van der Waals surface area contributed by atoms with Gasteiger partial charge < -0.3 is 0 Å². The van der Waals surface area contributed by atoms with E-state index in [-0.39, 0.29) is 0 Å². The van der Waals surface area contributed by atoms with Crippen molar-refractivity contribution in [2.45, 2.75) is 16.8 Å². The molecule has 0 aliphatic heterocycles. The summed E-state index contributed by atoms with van der Waals surface area (Å²) in [5.74, 6) is 0. The largest absolute Gasteiger partial charge is 0.236 e. The number of aryl methyl sites for hydroxylation is 1. The minimum Gasteiger partial charge on any atom is -0.236 e. The van der Waals surface area contributed by atoms with Crippen molar-refractivity contribution in [2.75, 3.05) is 0 Å². The van der Waals surface area contributed by atoms with Gasteiger partial charge in [-0.15, -0.1) is 0 Å². The molecule has 3 rings (SSSR count). The van der Waals surface area contributed by atoms with Crippen molar-refractivity contribution in [3.05, 3.63) is 60.4 Å². The van der Waals surface area contributed by atoms with Crippen molar-refractivity contribution in [3.8, 4) is 0 Å². The molecule has 3 aromatic rings. The summed E-state index contributed by atoms with van der Waals surface area (Å²) < 4.78 is 0. The highest BCUT2D eigenvalue weighted by atomic mass is 32.2. The van der Waals surface area contributed by atoms with Gasteiger partial charge in [-0.1, -0.05) is 48.2 Å². The van der Waals surface area contributed by atoms with Crippen LogP contribution >= 0.6 is 11.8 Å². The molecule has 0 radical (unpaired) electrons. The van der Waals surface area contributed by atoms with Crippen molar-refractivity contribution >= 4 is 22.7 Å². The van der Waals surface area contributed by atoms with Gasteiger partial charge in [0.05, 0.1) is 5.52 Å². The monoisotopic (exact) mass is 252 g/mol. The van der Waals surface area contributed by atoms with Gasteiger partial charge in [0.1, 0.15) is 11.4 Å². The average molecular weight is 252 g/mol. The molecule has 0 N–H and O–H groups in total. The Morgan fingerprint density at radius 3 is 2.56 bits per heavy atom. The van der Waals surface area contributed by atoms with Gasteiger partial charge in [0.2, 0.25) is 0 Å². The Morgan fingerprint density at radius 1 is 0.889 bits per heavy atom. The number of fused-ring (bicyclic) bond motifs is 1. The third kappa shape index (κ3) is 2.09. The molecule has 0 atom stereocenters. The highest BCUT2D eigenvalue weighted by molar-refractivity contribution is 7.99. The van der Waals surface area contributed by atoms with Gasteiger partial charge in [-0.2, -0.15) is 0 Å². The first kappa shape index (κ1) is 11.2. The number of hydrogen-bond acceptors (Lipinski definition) is 3. The van der Waals surface area contributed by atoms with E-state index in [9.17, 15) is 0 Å². The Kier molecular flexibility index (Phi) is 2.99. The maximum Gasteiger partial charge on any atom is 0.117 e. The minimum absolute atomic E-state index is 1.01. The lowest BCUT2D eigenvalue weighted by molar-refractivity contribution is 1.09. The molecule has 0 bridgehead atoms. The second kappa shape index (κ2) is 4.78. The molecule has 88 valence electrons. The van der Waals surface area contributed by atoms with E-state index in [0.29, 0.717) is 0 Å². The lowest BCUT2D eigenvalue weighted by Crippen LogP contribution is -1.88. The quantitative estimate of drug-likeness (QED) is 0.642. The first-order valence-electron chi connectivity index (χ1n) is 5.78. The van der Waals surface area contributed by atoms with Crippen LogP contribution in [0.3, 0.4) is 0 Å². The molecule has 0 fully saturated rings. The van der Waals surface area contributed by atoms with Crippen LogP contribution in [0.4, 0.5) is 0 Å². The van der Waals surface area contributed by atoms with Crippen LogP contribution in [0.25, 0.3) is 10.9 Å². The smallest absolute Gasteiger partial charge is 0.117 e. The molecule has 0 spiro atoms. The lowest BCUT2D eigenvalue weighted by atomic mass is 10.1. The van der Waals surface area contributed by atoms with Crippen LogP contribution < -0.4 is 0 Å². The van der Waals surface area contributed by atoms with E-state index < -0.39 is 0 Å².